The quantitative estimate of drug-likeness (QED) is 0.925. The van der Waals surface area contributed by atoms with E-state index in [2.05, 4.69) is 5.32 Å². The smallest absolute Gasteiger partial charge is 0.244 e. The Morgan fingerprint density at radius 3 is 2.75 bits per heavy atom. The van der Waals surface area contributed by atoms with Crippen molar-refractivity contribution < 1.29 is 14.0 Å². The van der Waals surface area contributed by atoms with Crippen LogP contribution in [0.2, 0.25) is 0 Å². The van der Waals surface area contributed by atoms with Crippen LogP contribution in [0.25, 0.3) is 0 Å². The number of amides is 2. The van der Waals surface area contributed by atoms with Crippen LogP contribution in [0, 0.1) is 12.7 Å². The molecule has 0 spiro atoms. The van der Waals surface area contributed by atoms with Gasteiger partial charge in [0.25, 0.3) is 0 Å². The number of carbonyl (C=O) groups excluding carboxylic acids is 2. The topological polar surface area (TPSA) is 49.4 Å². The summed E-state index contributed by atoms with van der Waals surface area (Å²) in [4.78, 5) is 25.9. The van der Waals surface area contributed by atoms with Gasteiger partial charge in [-0.3, -0.25) is 9.59 Å². The van der Waals surface area contributed by atoms with Gasteiger partial charge in [-0.1, -0.05) is 29.8 Å². The Labute approximate surface area is 144 Å². The number of carbonyl (C=O) groups is 2. The van der Waals surface area contributed by atoms with Crippen LogP contribution >= 0.6 is 11.8 Å². The van der Waals surface area contributed by atoms with E-state index in [1.54, 1.807) is 12.1 Å². The molecule has 1 heterocycles. The van der Waals surface area contributed by atoms with Crippen molar-refractivity contribution >= 4 is 29.3 Å². The van der Waals surface area contributed by atoms with E-state index in [1.807, 2.05) is 31.2 Å². The molecule has 1 unspecified atom stereocenters. The molecule has 24 heavy (non-hydrogen) atoms. The van der Waals surface area contributed by atoms with Gasteiger partial charge in [-0.2, -0.15) is 0 Å². The molecular weight excluding hydrogens is 327 g/mol. The second-order valence-electron chi connectivity index (χ2n) is 5.65. The third kappa shape index (κ3) is 3.76. The zero-order valence-electron chi connectivity index (χ0n) is 13.2. The summed E-state index contributed by atoms with van der Waals surface area (Å²) >= 11 is 1.40. The van der Waals surface area contributed by atoms with E-state index < -0.39 is 0 Å². The number of nitrogens with one attached hydrogen (secondary N) is 1. The van der Waals surface area contributed by atoms with E-state index in [9.17, 15) is 14.0 Å². The largest absolute Gasteiger partial charge is 0.325 e. The molecule has 2 amide bonds. The van der Waals surface area contributed by atoms with Crippen molar-refractivity contribution in [2.24, 2.45) is 0 Å². The molecule has 2 aromatic carbocycles. The fourth-order valence-electron chi connectivity index (χ4n) is 2.55. The van der Waals surface area contributed by atoms with Gasteiger partial charge in [0.05, 0.1) is 5.75 Å². The van der Waals surface area contributed by atoms with Gasteiger partial charge in [-0.25, -0.2) is 4.39 Å². The van der Waals surface area contributed by atoms with E-state index in [0.717, 1.165) is 5.56 Å². The average Bonchev–Trinajstić information content (AvgIpc) is 2.90. The number of thioether (sulfide) groups is 1. The first-order valence-corrected chi connectivity index (χ1v) is 8.61. The first-order chi connectivity index (χ1) is 11.5. The van der Waals surface area contributed by atoms with Gasteiger partial charge in [-0.15, -0.1) is 11.8 Å². The maximum absolute atomic E-state index is 13.4. The summed E-state index contributed by atoms with van der Waals surface area (Å²) in [6, 6.07) is 13.6. The molecule has 1 N–H and O–H groups in total. The molecule has 124 valence electrons. The molecule has 0 saturated carbocycles. The molecule has 1 aliphatic heterocycles. The third-order valence-electron chi connectivity index (χ3n) is 3.75. The average molecular weight is 344 g/mol. The van der Waals surface area contributed by atoms with Crippen LogP contribution in [0.4, 0.5) is 10.1 Å². The van der Waals surface area contributed by atoms with Gasteiger partial charge in [0, 0.05) is 5.69 Å². The Morgan fingerprint density at radius 1 is 1.29 bits per heavy atom. The first kappa shape index (κ1) is 16.5. The third-order valence-corrected chi connectivity index (χ3v) is 5.01. The summed E-state index contributed by atoms with van der Waals surface area (Å²) < 4.78 is 13.4. The zero-order valence-corrected chi connectivity index (χ0v) is 14.0. The second-order valence-corrected chi connectivity index (χ2v) is 6.72. The number of hydrogen-bond acceptors (Lipinski definition) is 3. The predicted octanol–water partition coefficient (Wildman–Crippen LogP) is 3.35. The molecule has 1 saturated heterocycles. The molecule has 0 aliphatic carbocycles. The second kappa shape index (κ2) is 7.05. The van der Waals surface area contributed by atoms with Gasteiger partial charge in [-0.05, 0) is 36.8 Å². The van der Waals surface area contributed by atoms with Gasteiger partial charge in [0.15, 0.2) is 0 Å². The van der Waals surface area contributed by atoms with E-state index in [0.29, 0.717) is 17.0 Å². The maximum atomic E-state index is 13.4. The molecule has 1 atom stereocenters. The fraction of sp³-hybridized carbons (Fsp3) is 0.222. The van der Waals surface area contributed by atoms with Crippen molar-refractivity contribution in [2.75, 3.05) is 17.6 Å². The Hall–Kier alpha value is -2.34. The number of rotatable bonds is 4. The number of benzene rings is 2. The SMILES string of the molecule is Cc1ccc(NC(=O)CN2C(=O)CSC2c2cccc(F)c2)cc1. The highest BCUT2D eigenvalue weighted by atomic mass is 32.2. The van der Waals surface area contributed by atoms with Crippen LogP contribution in [-0.2, 0) is 9.59 Å². The van der Waals surface area contributed by atoms with E-state index in [1.165, 1.54) is 28.8 Å². The van der Waals surface area contributed by atoms with Crippen LogP contribution in [0.5, 0.6) is 0 Å². The molecule has 4 nitrogen and oxygen atoms in total. The predicted molar refractivity (Wildman–Crippen MR) is 93.1 cm³/mol. The lowest BCUT2D eigenvalue weighted by Crippen LogP contribution is -2.36. The lowest BCUT2D eigenvalue weighted by molar-refractivity contribution is -0.132. The monoisotopic (exact) mass is 344 g/mol. The summed E-state index contributed by atoms with van der Waals surface area (Å²) in [6.45, 7) is 1.91. The molecule has 2 aromatic rings. The number of hydrogen-bond donors (Lipinski definition) is 1. The zero-order chi connectivity index (χ0) is 17.1. The summed E-state index contributed by atoms with van der Waals surface area (Å²) in [5.41, 5.74) is 2.48. The number of nitrogens with zero attached hydrogens (tertiary/aromatic N) is 1. The van der Waals surface area contributed by atoms with Crippen molar-refractivity contribution in [2.45, 2.75) is 12.3 Å². The molecule has 1 aliphatic rings. The van der Waals surface area contributed by atoms with Gasteiger partial charge >= 0.3 is 0 Å². The van der Waals surface area contributed by atoms with Gasteiger partial charge < -0.3 is 10.2 Å². The molecule has 1 fully saturated rings. The minimum atomic E-state index is -0.350. The normalized spacial score (nSPS) is 17.2. The Morgan fingerprint density at radius 2 is 2.04 bits per heavy atom. The fourth-order valence-corrected chi connectivity index (χ4v) is 3.73. The van der Waals surface area contributed by atoms with E-state index in [4.69, 9.17) is 0 Å². The summed E-state index contributed by atoms with van der Waals surface area (Å²) in [5.74, 6) is -0.445. The lowest BCUT2D eigenvalue weighted by Gasteiger charge is -2.23. The molecule has 0 aromatic heterocycles. The molecule has 3 rings (SSSR count). The van der Waals surface area contributed by atoms with Crippen molar-refractivity contribution in [3.05, 3.63) is 65.5 Å². The van der Waals surface area contributed by atoms with E-state index in [-0.39, 0.29) is 29.6 Å². The van der Waals surface area contributed by atoms with Crippen molar-refractivity contribution in [3.63, 3.8) is 0 Å². The number of halogens is 1. The first-order valence-electron chi connectivity index (χ1n) is 7.56. The van der Waals surface area contributed by atoms with Crippen LogP contribution in [-0.4, -0.2) is 29.0 Å². The highest BCUT2D eigenvalue weighted by Crippen LogP contribution is 2.38. The molecule has 6 heteroatoms. The van der Waals surface area contributed by atoms with E-state index >= 15 is 0 Å². The minimum absolute atomic E-state index is 0.0547. The van der Waals surface area contributed by atoms with Crippen LogP contribution in [0.3, 0.4) is 0 Å². The summed E-state index contributed by atoms with van der Waals surface area (Å²) in [6.07, 6.45) is 0. The number of anilines is 1. The molecular formula is C18H17FN2O2S. The van der Waals surface area contributed by atoms with Gasteiger partial charge in [0.2, 0.25) is 11.8 Å². The maximum Gasteiger partial charge on any atom is 0.244 e. The summed E-state index contributed by atoms with van der Waals surface area (Å²) in [5, 5.41) is 2.45. The van der Waals surface area contributed by atoms with Crippen molar-refractivity contribution in [1.29, 1.82) is 0 Å². The molecule has 0 radical (unpaired) electrons. The Kier molecular flexibility index (Phi) is 4.85. The van der Waals surface area contributed by atoms with Crippen molar-refractivity contribution in [1.82, 2.24) is 4.90 Å². The Bertz CT molecular complexity index is 764. The van der Waals surface area contributed by atoms with Crippen molar-refractivity contribution in [3.8, 4) is 0 Å². The molecule has 0 bridgehead atoms. The van der Waals surface area contributed by atoms with Crippen LogP contribution in [0.1, 0.15) is 16.5 Å². The van der Waals surface area contributed by atoms with Crippen LogP contribution < -0.4 is 5.32 Å². The summed E-state index contributed by atoms with van der Waals surface area (Å²) in [7, 11) is 0. The highest BCUT2D eigenvalue weighted by molar-refractivity contribution is 8.00. The standard InChI is InChI=1S/C18H17FN2O2S/c1-12-5-7-15(8-6-12)20-16(22)10-21-17(23)11-24-18(21)13-3-2-4-14(19)9-13/h2-9,18H,10-11H2,1H3,(H,20,22). The lowest BCUT2D eigenvalue weighted by atomic mass is 10.2. The van der Waals surface area contributed by atoms with Gasteiger partial charge in [0.1, 0.15) is 17.7 Å². The number of aryl methyl sites for hydroxylation is 1. The highest BCUT2D eigenvalue weighted by Gasteiger charge is 2.34. The van der Waals surface area contributed by atoms with Crippen LogP contribution in [0.15, 0.2) is 48.5 Å². The Balaban J connectivity index is 1.70. The minimum Gasteiger partial charge on any atom is -0.325 e.